The number of rotatable bonds is 4. The highest BCUT2D eigenvalue weighted by atomic mass is 16.5. The first kappa shape index (κ1) is 18.1. The van der Waals surface area contributed by atoms with Crippen molar-refractivity contribution in [1.29, 1.82) is 0 Å². The zero-order valence-corrected chi connectivity index (χ0v) is 16.6. The quantitative estimate of drug-likeness (QED) is 0.343. The molecule has 3 nitrogen and oxygen atoms in total. The molecule has 5 rings (SSSR count). The van der Waals surface area contributed by atoms with Crippen molar-refractivity contribution in [3.63, 3.8) is 0 Å². The van der Waals surface area contributed by atoms with E-state index < -0.39 is 0 Å². The van der Waals surface area contributed by atoms with Crippen LogP contribution in [0.1, 0.15) is 0 Å². The summed E-state index contributed by atoms with van der Waals surface area (Å²) in [5, 5.41) is 18.8. The van der Waals surface area contributed by atoms with Crippen molar-refractivity contribution in [1.82, 2.24) is 0 Å². The van der Waals surface area contributed by atoms with E-state index in [-0.39, 0.29) is 5.75 Å². The van der Waals surface area contributed by atoms with E-state index in [2.05, 4.69) is 41.7 Å². The summed E-state index contributed by atoms with van der Waals surface area (Å²) >= 11 is 0. The van der Waals surface area contributed by atoms with Crippen LogP contribution in [0, 0.1) is 0 Å². The van der Waals surface area contributed by atoms with Crippen LogP contribution in [-0.4, -0.2) is 12.2 Å². The zero-order valence-electron chi connectivity index (χ0n) is 16.6. The molecule has 2 N–H and O–H groups in total. The van der Waals surface area contributed by atoms with Gasteiger partial charge in [-0.2, -0.15) is 0 Å². The number of phenolic OH excluding ortho intramolecular Hbond substituents is 1. The predicted octanol–water partition coefficient (Wildman–Crippen LogP) is 7.12. The molecule has 5 aromatic carbocycles. The van der Waals surface area contributed by atoms with Gasteiger partial charge in [-0.1, -0.05) is 60.7 Å². The van der Waals surface area contributed by atoms with Crippen molar-refractivity contribution >= 4 is 32.9 Å². The summed E-state index contributed by atoms with van der Waals surface area (Å²) in [5.41, 5.74) is 3.71. The Hall–Kier alpha value is -3.98. The molecule has 0 heterocycles. The summed E-state index contributed by atoms with van der Waals surface area (Å²) in [6, 6.07) is 32.2. The van der Waals surface area contributed by atoms with Gasteiger partial charge in [0.1, 0.15) is 11.5 Å². The molecule has 0 unspecified atom stereocenters. The number of nitrogens with one attached hydrogen (secondary N) is 1. The Kier molecular flexibility index (Phi) is 4.49. The average molecular weight is 391 g/mol. The van der Waals surface area contributed by atoms with Gasteiger partial charge in [-0.15, -0.1) is 0 Å². The lowest BCUT2D eigenvalue weighted by Crippen LogP contribution is -1.96. The van der Waals surface area contributed by atoms with Gasteiger partial charge in [-0.05, 0) is 57.9 Å². The van der Waals surface area contributed by atoms with Crippen molar-refractivity contribution in [3.05, 3.63) is 97.1 Å². The van der Waals surface area contributed by atoms with E-state index in [0.717, 1.165) is 49.8 Å². The molecule has 0 radical (unpaired) electrons. The Balaban J connectivity index is 1.78. The Morgan fingerprint density at radius 3 is 1.90 bits per heavy atom. The lowest BCUT2D eigenvalue weighted by molar-refractivity contribution is 0.415. The van der Waals surface area contributed by atoms with Gasteiger partial charge in [0, 0.05) is 22.5 Å². The van der Waals surface area contributed by atoms with Gasteiger partial charge in [-0.25, -0.2) is 0 Å². The first-order chi connectivity index (χ1) is 14.7. The van der Waals surface area contributed by atoms with E-state index in [4.69, 9.17) is 4.74 Å². The summed E-state index contributed by atoms with van der Waals surface area (Å²) in [4.78, 5) is 0. The molecule has 5 aromatic rings. The van der Waals surface area contributed by atoms with Crippen LogP contribution < -0.4 is 10.1 Å². The second kappa shape index (κ2) is 7.45. The van der Waals surface area contributed by atoms with E-state index in [9.17, 15) is 5.11 Å². The molecule has 0 aromatic heterocycles. The number of hydrogen-bond donors (Lipinski definition) is 2. The molecular formula is C27H21NO2. The van der Waals surface area contributed by atoms with Crippen LogP contribution in [0.2, 0.25) is 0 Å². The van der Waals surface area contributed by atoms with Gasteiger partial charge in [0.15, 0.2) is 0 Å². The minimum Gasteiger partial charge on any atom is -0.507 e. The molecule has 0 amide bonds. The SMILES string of the molecule is COc1ccc(Nc2ccc3ccccc3c2-c2c(O)ccc3ccccc23)cc1. The number of benzene rings is 5. The van der Waals surface area contributed by atoms with E-state index in [0.29, 0.717) is 0 Å². The lowest BCUT2D eigenvalue weighted by atomic mass is 9.91. The highest BCUT2D eigenvalue weighted by Gasteiger charge is 2.17. The Morgan fingerprint density at radius 2 is 1.23 bits per heavy atom. The van der Waals surface area contributed by atoms with Crippen molar-refractivity contribution in [3.8, 4) is 22.6 Å². The van der Waals surface area contributed by atoms with Gasteiger partial charge < -0.3 is 15.2 Å². The van der Waals surface area contributed by atoms with Gasteiger partial charge in [0.25, 0.3) is 0 Å². The van der Waals surface area contributed by atoms with Crippen LogP contribution in [0.25, 0.3) is 32.7 Å². The molecule has 0 fully saturated rings. The smallest absolute Gasteiger partial charge is 0.124 e. The maximum absolute atomic E-state index is 10.9. The predicted molar refractivity (Wildman–Crippen MR) is 125 cm³/mol. The molecule has 0 spiro atoms. The van der Waals surface area contributed by atoms with Gasteiger partial charge in [-0.3, -0.25) is 0 Å². The lowest BCUT2D eigenvalue weighted by Gasteiger charge is -2.18. The molecule has 146 valence electrons. The number of hydrogen-bond acceptors (Lipinski definition) is 3. The number of aromatic hydroxyl groups is 1. The monoisotopic (exact) mass is 391 g/mol. The fourth-order valence-corrected chi connectivity index (χ4v) is 4.00. The second-order valence-corrected chi connectivity index (χ2v) is 7.24. The molecule has 0 aliphatic rings. The van der Waals surface area contributed by atoms with Crippen LogP contribution in [0.3, 0.4) is 0 Å². The number of anilines is 2. The molecular weight excluding hydrogens is 370 g/mol. The third-order valence-corrected chi connectivity index (χ3v) is 5.46. The van der Waals surface area contributed by atoms with E-state index in [1.165, 1.54) is 0 Å². The minimum absolute atomic E-state index is 0.267. The number of methoxy groups -OCH3 is 1. The first-order valence-electron chi connectivity index (χ1n) is 9.88. The normalized spacial score (nSPS) is 11.0. The topological polar surface area (TPSA) is 41.5 Å². The number of phenols is 1. The standard InChI is InChI=1S/C27H21NO2/c1-30-21-14-12-20(13-15-21)28-24-16-10-18-6-2-4-8-22(18)26(24)27-23-9-5-3-7-19(23)11-17-25(27)29/h2-17,28-29H,1H3. The van der Waals surface area contributed by atoms with E-state index in [1.807, 2.05) is 54.6 Å². The maximum atomic E-state index is 10.9. The fourth-order valence-electron chi connectivity index (χ4n) is 4.00. The Bertz CT molecular complexity index is 1360. The summed E-state index contributed by atoms with van der Waals surface area (Å²) in [7, 11) is 1.66. The Labute approximate surface area is 175 Å². The van der Waals surface area contributed by atoms with Gasteiger partial charge in [0.05, 0.1) is 7.11 Å². The van der Waals surface area contributed by atoms with Crippen molar-refractivity contribution in [2.24, 2.45) is 0 Å². The van der Waals surface area contributed by atoms with E-state index in [1.54, 1.807) is 13.2 Å². The van der Waals surface area contributed by atoms with E-state index >= 15 is 0 Å². The Morgan fingerprint density at radius 1 is 0.633 bits per heavy atom. The van der Waals surface area contributed by atoms with Crippen molar-refractivity contribution in [2.45, 2.75) is 0 Å². The zero-order chi connectivity index (χ0) is 20.5. The van der Waals surface area contributed by atoms with Crippen LogP contribution >= 0.6 is 0 Å². The third kappa shape index (κ3) is 3.11. The summed E-state index contributed by atoms with van der Waals surface area (Å²) in [6.45, 7) is 0. The van der Waals surface area contributed by atoms with Crippen LogP contribution in [-0.2, 0) is 0 Å². The summed E-state index contributed by atoms with van der Waals surface area (Å²) in [5.74, 6) is 1.08. The minimum atomic E-state index is 0.267. The van der Waals surface area contributed by atoms with Crippen LogP contribution in [0.15, 0.2) is 97.1 Å². The van der Waals surface area contributed by atoms with Gasteiger partial charge >= 0.3 is 0 Å². The molecule has 0 aliphatic heterocycles. The average Bonchev–Trinajstić information content (AvgIpc) is 2.80. The third-order valence-electron chi connectivity index (χ3n) is 5.46. The summed E-state index contributed by atoms with van der Waals surface area (Å²) < 4.78 is 5.27. The highest BCUT2D eigenvalue weighted by Crippen LogP contribution is 2.44. The second-order valence-electron chi connectivity index (χ2n) is 7.24. The molecule has 3 heteroatoms. The van der Waals surface area contributed by atoms with Crippen LogP contribution in [0.4, 0.5) is 11.4 Å². The fraction of sp³-hybridized carbons (Fsp3) is 0.0370. The highest BCUT2D eigenvalue weighted by molar-refractivity contribution is 6.12. The van der Waals surface area contributed by atoms with Crippen molar-refractivity contribution < 1.29 is 9.84 Å². The molecule has 0 saturated carbocycles. The summed E-state index contributed by atoms with van der Waals surface area (Å²) in [6.07, 6.45) is 0. The molecule has 0 saturated heterocycles. The largest absolute Gasteiger partial charge is 0.507 e. The molecule has 0 bridgehead atoms. The maximum Gasteiger partial charge on any atom is 0.124 e. The number of fused-ring (bicyclic) bond motifs is 2. The molecule has 0 aliphatic carbocycles. The van der Waals surface area contributed by atoms with Crippen LogP contribution in [0.5, 0.6) is 11.5 Å². The number of ether oxygens (including phenoxy) is 1. The first-order valence-corrected chi connectivity index (χ1v) is 9.88. The molecule has 30 heavy (non-hydrogen) atoms. The van der Waals surface area contributed by atoms with Crippen molar-refractivity contribution in [2.75, 3.05) is 12.4 Å². The van der Waals surface area contributed by atoms with Gasteiger partial charge in [0.2, 0.25) is 0 Å². The molecule has 0 atom stereocenters.